The first-order valence-electron chi connectivity index (χ1n) is 7.96. The van der Waals surface area contributed by atoms with E-state index >= 15 is 0 Å². The lowest BCUT2D eigenvalue weighted by atomic mass is 10.1. The van der Waals surface area contributed by atoms with Crippen LogP contribution in [0.4, 0.5) is 5.82 Å². The van der Waals surface area contributed by atoms with Gasteiger partial charge in [-0.15, -0.1) is 0 Å². The number of hydrogen-bond donors (Lipinski definition) is 1. The maximum atomic E-state index is 12.4. The van der Waals surface area contributed by atoms with Crippen molar-refractivity contribution in [3.8, 4) is 0 Å². The molecule has 3 rings (SSSR count). The van der Waals surface area contributed by atoms with Gasteiger partial charge in [-0.25, -0.2) is 13.4 Å². The third kappa shape index (κ3) is 3.89. The zero-order chi connectivity index (χ0) is 16.1. The van der Waals surface area contributed by atoms with Crippen LogP contribution in [-0.2, 0) is 16.4 Å². The van der Waals surface area contributed by atoms with Gasteiger partial charge in [-0.3, -0.25) is 5.32 Å². The summed E-state index contributed by atoms with van der Waals surface area (Å²) in [5, 5.41) is 3.28. The third-order valence-corrected chi connectivity index (χ3v) is 5.95. The summed E-state index contributed by atoms with van der Waals surface area (Å²) in [5.74, 6) is 0.821. The minimum absolute atomic E-state index is 0.327. The second-order valence-electron chi connectivity index (χ2n) is 5.71. The molecule has 2 N–H and O–H groups in total. The molecule has 1 saturated heterocycles. The van der Waals surface area contributed by atoms with Crippen molar-refractivity contribution >= 4 is 15.8 Å². The fourth-order valence-corrected chi connectivity index (χ4v) is 4.23. The SMILES string of the molecule is O=S(=O)(c1ccc(NCCc2ccccc2)[nH+]c1)N1CCCC1. The highest BCUT2D eigenvalue weighted by atomic mass is 32.2. The van der Waals surface area contributed by atoms with Crippen molar-refractivity contribution in [3.05, 3.63) is 54.2 Å². The van der Waals surface area contributed by atoms with Crippen molar-refractivity contribution in [1.29, 1.82) is 0 Å². The summed E-state index contributed by atoms with van der Waals surface area (Å²) in [7, 11) is -3.34. The zero-order valence-electron chi connectivity index (χ0n) is 13.0. The van der Waals surface area contributed by atoms with Crippen LogP contribution in [-0.4, -0.2) is 32.4 Å². The molecule has 5 nitrogen and oxygen atoms in total. The Kier molecular flexibility index (Phi) is 4.93. The highest BCUT2D eigenvalue weighted by Gasteiger charge is 2.27. The van der Waals surface area contributed by atoms with Crippen molar-refractivity contribution in [2.24, 2.45) is 0 Å². The molecule has 0 bridgehead atoms. The molecule has 1 aliphatic heterocycles. The number of benzene rings is 1. The first-order chi connectivity index (χ1) is 11.2. The summed E-state index contributed by atoms with van der Waals surface area (Å²) in [6.07, 6.45) is 4.38. The molecule has 2 heterocycles. The Morgan fingerprint density at radius 2 is 1.78 bits per heavy atom. The van der Waals surface area contributed by atoms with E-state index in [-0.39, 0.29) is 0 Å². The summed E-state index contributed by atoms with van der Waals surface area (Å²) in [6, 6.07) is 13.7. The summed E-state index contributed by atoms with van der Waals surface area (Å²) >= 11 is 0. The Morgan fingerprint density at radius 1 is 1.04 bits per heavy atom. The van der Waals surface area contributed by atoms with E-state index in [9.17, 15) is 8.42 Å². The fourth-order valence-electron chi connectivity index (χ4n) is 2.74. The Labute approximate surface area is 137 Å². The van der Waals surface area contributed by atoms with E-state index in [4.69, 9.17) is 0 Å². The Hall–Kier alpha value is -1.92. The fraction of sp³-hybridized carbons (Fsp3) is 0.353. The van der Waals surface area contributed by atoms with E-state index in [0.717, 1.165) is 31.6 Å². The van der Waals surface area contributed by atoms with Gasteiger partial charge in [-0.1, -0.05) is 30.3 Å². The van der Waals surface area contributed by atoms with E-state index < -0.39 is 10.0 Å². The normalized spacial score (nSPS) is 15.7. The maximum Gasteiger partial charge on any atom is 0.272 e. The molecule has 1 aliphatic rings. The largest absolute Gasteiger partial charge is 0.274 e. The van der Waals surface area contributed by atoms with Crippen molar-refractivity contribution in [1.82, 2.24) is 4.31 Å². The first-order valence-corrected chi connectivity index (χ1v) is 9.40. The number of rotatable bonds is 6. The topological polar surface area (TPSA) is 63.6 Å². The van der Waals surface area contributed by atoms with E-state index in [1.807, 2.05) is 18.2 Å². The van der Waals surface area contributed by atoms with Crippen LogP contribution in [0.25, 0.3) is 0 Å². The van der Waals surface area contributed by atoms with Gasteiger partial charge < -0.3 is 0 Å². The van der Waals surface area contributed by atoms with Gasteiger partial charge in [0, 0.05) is 25.6 Å². The van der Waals surface area contributed by atoms with Crippen LogP contribution in [0.3, 0.4) is 0 Å². The molecule has 0 unspecified atom stereocenters. The van der Waals surface area contributed by atoms with E-state index in [0.29, 0.717) is 18.0 Å². The van der Waals surface area contributed by atoms with Gasteiger partial charge in [0.2, 0.25) is 10.0 Å². The van der Waals surface area contributed by atoms with Crippen LogP contribution in [0.1, 0.15) is 18.4 Å². The lowest BCUT2D eigenvalue weighted by Gasteiger charge is -2.14. The molecule has 23 heavy (non-hydrogen) atoms. The van der Waals surface area contributed by atoms with E-state index in [2.05, 4.69) is 22.4 Å². The van der Waals surface area contributed by atoms with E-state index in [1.165, 1.54) is 5.56 Å². The monoisotopic (exact) mass is 332 g/mol. The molecule has 1 aromatic heterocycles. The Balaban J connectivity index is 1.59. The maximum absolute atomic E-state index is 12.4. The molecule has 2 aromatic rings. The smallest absolute Gasteiger partial charge is 0.272 e. The predicted molar refractivity (Wildman–Crippen MR) is 89.6 cm³/mol. The quantitative estimate of drug-likeness (QED) is 0.879. The number of aromatic nitrogens is 1. The van der Waals surface area contributed by atoms with Crippen LogP contribution >= 0.6 is 0 Å². The second-order valence-corrected chi connectivity index (χ2v) is 7.65. The molecule has 0 radical (unpaired) electrons. The molecule has 0 saturated carbocycles. The molecule has 6 heteroatoms. The molecule has 0 amide bonds. The molecule has 122 valence electrons. The zero-order valence-corrected chi connectivity index (χ0v) is 13.8. The lowest BCUT2D eigenvalue weighted by Crippen LogP contribution is -2.29. The number of nitrogens with one attached hydrogen (secondary N) is 2. The summed E-state index contributed by atoms with van der Waals surface area (Å²) in [6.45, 7) is 2.04. The van der Waals surface area contributed by atoms with E-state index in [1.54, 1.807) is 22.6 Å². The predicted octanol–water partition coefficient (Wildman–Crippen LogP) is 1.94. The average molecular weight is 332 g/mol. The van der Waals surface area contributed by atoms with Gasteiger partial charge in [0.1, 0.15) is 11.1 Å². The second kappa shape index (κ2) is 7.10. The number of aromatic amines is 1. The highest BCUT2D eigenvalue weighted by Crippen LogP contribution is 2.19. The Morgan fingerprint density at radius 3 is 2.43 bits per heavy atom. The van der Waals surface area contributed by atoms with Crippen LogP contribution in [0, 0.1) is 0 Å². The van der Waals surface area contributed by atoms with Gasteiger partial charge in [0.25, 0.3) is 5.82 Å². The summed E-state index contributed by atoms with van der Waals surface area (Å²) < 4.78 is 26.4. The Bertz CT molecular complexity index is 724. The van der Waals surface area contributed by atoms with Crippen molar-refractivity contribution in [2.45, 2.75) is 24.2 Å². The third-order valence-electron chi connectivity index (χ3n) is 4.06. The van der Waals surface area contributed by atoms with Crippen LogP contribution < -0.4 is 10.3 Å². The number of nitrogens with zero attached hydrogens (tertiary/aromatic N) is 1. The minimum atomic E-state index is -3.34. The van der Waals surface area contributed by atoms with Crippen molar-refractivity contribution < 1.29 is 13.4 Å². The van der Waals surface area contributed by atoms with Gasteiger partial charge in [-0.05, 0) is 24.5 Å². The van der Waals surface area contributed by atoms with Crippen LogP contribution in [0.5, 0.6) is 0 Å². The highest BCUT2D eigenvalue weighted by molar-refractivity contribution is 7.89. The van der Waals surface area contributed by atoms with Gasteiger partial charge in [0.15, 0.2) is 0 Å². The standard InChI is InChI=1S/C17H21N3O2S/c21-23(22,20-12-4-5-13-20)16-8-9-17(19-14-16)18-11-10-15-6-2-1-3-7-15/h1-3,6-9,14H,4-5,10-13H2,(H,18,19)/p+1. The van der Waals surface area contributed by atoms with Gasteiger partial charge in [-0.2, -0.15) is 4.31 Å². The number of hydrogen-bond acceptors (Lipinski definition) is 3. The number of H-pyrrole nitrogens is 1. The molecule has 0 atom stereocenters. The molecule has 1 fully saturated rings. The number of anilines is 1. The first kappa shape index (κ1) is 16.0. The average Bonchev–Trinajstić information content (AvgIpc) is 3.12. The van der Waals surface area contributed by atoms with Gasteiger partial charge >= 0.3 is 0 Å². The lowest BCUT2D eigenvalue weighted by molar-refractivity contribution is -0.364. The van der Waals surface area contributed by atoms with Gasteiger partial charge in [0.05, 0.1) is 6.54 Å². The molecule has 0 spiro atoms. The molecular formula is C17H22N3O2S+. The molecule has 0 aliphatic carbocycles. The van der Waals surface area contributed by atoms with Crippen LogP contribution in [0.2, 0.25) is 0 Å². The number of sulfonamides is 1. The van der Waals surface area contributed by atoms with Crippen molar-refractivity contribution in [2.75, 3.05) is 25.0 Å². The minimum Gasteiger partial charge on any atom is -0.274 e. The van der Waals surface area contributed by atoms with Crippen molar-refractivity contribution in [3.63, 3.8) is 0 Å². The van der Waals surface area contributed by atoms with Crippen LogP contribution in [0.15, 0.2) is 53.6 Å². The summed E-state index contributed by atoms with van der Waals surface area (Å²) in [5.41, 5.74) is 1.27. The number of pyridine rings is 1. The molecular weight excluding hydrogens is 310 g/mol. The summed E-state index contributed by atoms with van der Waals surface area (Å²) in [4.78, 5) is 3.36. The molecule has 1 aromatic carbocycles.